The summed E-state index contributed by atoms with van der Waals surface area (Å²) in [6, 6.07) is 5.77. The van der Waals surface area contributed by atoms with Crippen molar-refractivity contribution in [3.05, 3.63) is 30.1 Å². The third kappa shape index (κ3) is 2.81. The van der Waals surface area contributed by atoms with E-state index in [0.29, 0.717) is 5.69 Å². The van der Waals surface area contributed by atoms with E-state index in [1.54, 1.807) is 0 Å². The molecular formula is C10H12N6O3S. The van der Waals surface area contributed by atoms with Crippen LogP contribution in [-0.4, -0.2) is 53.3 Å². The van der Waals surface area contributed by atoms with Crippen molar-refractivity contribution >= 4 is 21.6 Å². The molecule has 0 spiro atoms. The summed E-state index contributed by atoms with van der Waals surface area (Å²) in [5.41, 5.74) is 0.428. The number of hydrogen-bond donors (Lipinski definition) is 2. The molecule has 0 atom stereocenters. The second kappa shape index (κ2) is 5.35. The average Bonchev–Trinajstić information content (AvgIpc) is 2.93. The van der Waals surface area contributed by atoms with Crippen LogP contribution in [0.5, 0.6) is 0 Å². The van der Waals surface area contributed by atoms with E-state index in [9.17, 15) is 13.2 Å². The summed E-state index contributed by atoms with van der Waals surface area (Å²) in [5.74, 6) is -0.642. The molecule has 0 saturated carbocycles. The van der Waals surface area contributed by atoms with Crippen molar-refractivity contribution < 1.29 is 13.2 Å². The molecule has 0 unspecified atom stereocenters. The van der Waals surface area contributed by atoms with Crippen molar-refractivity contribution in [2.24, 2.45) is 0 Å². The molecule has 2 N–H and O–H groups in total. The summed E-state index contributed by atoms with van der Waals surface area (Å²) < 4.78 is 24.8. The molecule has 9 nitrogen and oxygen atoms in total. The molecule has 0 radical (unpaired) electrons. The normalized spacial score (nSPS) is 11.6. The molecule has 10 heteroatoms. The molecule has 0 bridgehead atoms. The molecule has 0 fully saturated rings. The second-order valence-electron chi connectivity index (χ2n) is 4.00. The van der Waals surface area contributed by atoms with E-state index in [0.717, 1.165) is 4.31 Å². The van der Waals surface area contributed by atoms with E-state index >= 15 is 0 Å². The summed E-state index contributed by atoms with van der Waals surface area (Å²) in [6.45, 7) is 0. The van der Waals surface area contributed by atoms with Crippen molar-refractivity contribution in [3.63, 3.8) is 0 Å². The third-order valence-corrected chi connectivity index (χ3v) is 4.27. The van der Waals surface area contributed by atoms with Gasteiger partial charge >= 0.3 is 0 Å². The highest BCUT2D eigenvalue weighted by Gasteiger charge is 2.17. The number of tetrazole rings is 1. The van der Waals surface area contributed by atoms with Gasteiger partial charge in [-0.25, -0.2) is 12.7 Å². The van der Waals surface area contributed by atoms with E-state index in [1.165, 1.54) is 38.4 Å². The number of sulfonamides is 1. The average molecular weight is 296 g/mol. The standard InChI is InChI=1S/C10H12N6O3S/c1-16(2)20(18,19)8-5-3-7(4-6-8)11-10(17)9-12-14-15-13-9/h3-6H,1-2H3,(H,11,17)(H,12,13,14,15). The Morgan fingerprint density at radius 1 is 1.25 bits per heavy atom. The molecule has 1 aromatic carbocycles. The number of hydrogen-bond acceptors (Lipinski definition) is 6. The Morgan fingerprint density at radius 3 is 2.40 bits per heavy atom. The first-order valence-electron chi connectivity index (χ1n) is 5.48. The smallest absolute Gasteiger partial charge is 0.297 e. The van der Waals surface area contributed by atoms with Crippen LogP contribution >= 0.6 is 0 Å². The van der Waals surface area contributed by atoms with Gasteiger partial charge in [-0.3, -0.25) is 4.79 Å². The number of carbonyl (C=O) groups is 1. The van der Waals surface area contributed by atoms with Gasteiger partial charge in [0.2, 0.25) is 10.0 Å². The minimum absolute atomic E-state index is 0.102. The Bertz CT molecular complexity index is 693. The molecular weight excluding hydrogens is 284 g/mol. The minimum Gasteiger partial charge on any atom is -0.319 e. The minimum atomic E-state index is -3.48. The molecule has 0 aliphatic heterocycles. The summed E-state index contributed by atoms with van der Waals surface area (Å²) in [4.78, 5) is 11.8. The number of nitrogens with zero attached hydrogens (tertiary/aromatic N) is 4. The van der Waals surface area contributed by atoms with Crippen LogP contribution < -0.4 is 5.32 Å². The number of benzene rings is 1. The summed E-state index contributed by atoms with van der Waals surface area (Å²) in [5, 5.41) is 15.0. The van der Waals surface area contributed by atoms with E-state index in [1.807, 2.05) is 0 Å². The molecule has 2 aromatic rings. The quantitative estimate of drug-likeness (QED) is 0.799. The fourth-order valence-corrected chi connectivity index (χ4v) is 2.27. The molecule has 2 rings (SSSR count). The van der Waals surface area contributed by atoms with Crippen LogP contribution in [0.15, 0.2) is 29.2 Å². The van der Waals surface area contributed by atoms with Gasteiger partial charge in [0.05, 0.1) is 4.90 Å². The molecule has 1 amide bonds. The molecule has 0 aliphatic carbocycles. The lowest BCUT2D eigenvalue weighted by Gasteiger charge is -2.11. The number of aromatic nitrogens is 4. The molecule has 20 heavy (non-hydrogen) atoms. The number of amides is 1. The predicted octanol–water partition coefficient (Wildman–Crippen LogP) is -0.298. The fourth-order valence-electron chi connectivity index (χ4n) is 1.37. The van der Waals surface area contributed by atoms with E-state index in [2.05, 4.69) is 25.9 Å². The van der Waals surface area contributed by atoms with Crippen molar-refractivity contribution in [2.75, 3.05) is 19.4 Å². The first-order chi connectivity index (χ1) is 9.41. The maximum Gasteiger partial charge on any atom is 0.297 e. The highest BCUT2D eigenvalue weighted by Crippen LogP contribution is 2.16. The Hall–Kier alpha value is -2.33. The van der Waals surface area contributed by atoms with Crippen LogP contribution in [0.3, 0.4) is 0 Å². The molecule has 106 valence electrons. The molecule has 1 aromatic heterocycles. The number of rotatable bonds is 4. The van der Waals surface area contributed by atoms with Crippen LogP contribution in [0.4, 0.5) is 5.69 Å². The lowest BCUT2D eigenvalue weighted by molar-refractivity contribution is 0.101. The number of nitrogens with one attached hydrogen (secondary N) is 2. The first-order valence-corrected chi connectivity index (χ1v) is 6.92. The van der Waals surface area contributed by atoms with Crippen LogP contribution in [0, 0.1) is 0 Å². The van der Waals surface area contributed by atoms with Gasteiger partial charge in [0.15, 0.2) is 0 Å². The van der Waals surface area contributed by atoms with Gasteiger partial charge in [-0.1, -0.05) is 0 Å². The molecule has 0 saturated heterocycles. The zero-order chi connectivity index (χ0) is 14.8. The molecule has 1 heterocycles. The summed E-state index contributed by atoms with van der Waals surface area (Å²) in [7, 11) is -0.593. The Labute approximate surface area is 115 Å². The lowest BCUT2D eigenvalue weighted by atomic mass is 10.3. The Balaban J connectivity index is 2.15. The van der Waals surface area contributed by atoms with Crippen LogP contribution in [-0.2, 0) is 10.0 Å². The number of H-pyrrole nitrogens is 1. The van der Waals surface area contributed by atoms with Crippen molar-refractivity contribution in [1.29, 1.82) is 0 Å². The molecule has 0 aliphatic rings. The number of anilines is 1. The number of aromatic amines is 1. The van der Waals surface area contributed by atoms with Gasteiger partial charge in [-0.2, -0.15) is 5.21 Å². The second-order valence-corrected chi connectivity index (χ2v) is 6.15. The van der Waals surface area contributed by atoms with Crippen molar-refractivity contribution in [2.45, 2.75) is 4.90 Å². The van der Waals surface area contributed by atoms with Gasteiger partial charge < -0.3 is 5.32 Å². The van der Waals surface area contributed by atoms with Gasteiger partial charge in [0.25, 0.3) is 11.7 Å². The Kier molecular flexibility index (Phi) is 3.77. The van der Waals surface area contributed by atoms with Crippen molar-refractivity contribution in [3.8, 4) is 0 Å². The first kappa shape index (κ1) is 14.1. The number of carbonyl (C=O) groups excluding carboxylic acids is 1. The van der Waals surface area contributed by atoms with Gasteiger partial charge in [0.1, 0.15) is 0 Å². The zero-order valence-corrected chi connectivity index (χ0v) is 11.5. The lowest BCUT2D eigenvalue weighted by Crippen LogP contribution is -2.22. The van der Waals surface area contributed by atoms with Gasteiger partial charge in [0, 0.05) is 19.8 Å². The summed E-state index contributed by atoms with van der Waals surface area (Å²) in [6.07, 6.45) is 0. The van der Waals surface area contributed by atoms with Gasteiger partial charge in [-0.05, 0) is 29.5 Å². The van der Waals surface area contributed by atoms with Gasteiger partial charge in [-0.15, -0.1) is 10.2 Å². The zero-order valence-electron chi connectivity index (χ0n) is 10.7. The maximum absolute atomic E-state index is 11.9. The van der Waals surface area contributed by atoms with E-state index in [-0.39, 0.29) is 10.7 Å². The Morgan fingerprint density at radius 2 is 1.90 bits per heavy atom. The van der Waals surface area contributed by atoms with Crippen LogP contribution in [0.1, 0.15) is 10.6 Å². The van der Waals surface area contributed by atoms with E-state index in [4.69, 9.17) is 0 Å². The topological polar surface area (TPSA) is 121 Å². The third-order valence-electron chi connectivity index (χ3n) is 2.44. The van der Waals surface area contributed by atoms with Crippen LogP contribution in [0.25, 0.3) is 0 Å². The summed E-state index contributed by atoms with van der Waals surface area (Å²) >= 11 is 0. The maximum atomic E-state index is 11.9. The highest BCUT2D eigenvalue weighted by atomic mass is 32.2. The largest absolute Gasteiger partial charge is 0.319 e. The highest BCUT2D eigenvalue weighted by molar-refractivity contribution is 7.89. The SMILES string of the molecule is CN(C)S(=O)(=O)c1ccc(NC(=O)c2nn[nH]n2)cc1. The predicted molar refractivity (Wildman–Crippen MR) is 69.4 cm³/mol. The fraction of sp³-hybridized carbons (Fsp3) is 0.200. The monoisotopic (exact) mass is 296 g/mol. The van der Waals surface area contributed by atoms with Crippen LogP contribution in [0.2, 0.25) is 0 Å². The van der Waals surface area contributed by atoms with E-state index < -0.39 is 15.9 Å². The van der Waals surface area contributed by atoms with Crippen molar-refractivity contribution in [1.82, 2.24) is 24.9 Å².